The zero-order valence-electron chi connectivity index (χ0n) is 27.2. The van der Waals surface area contributed by atoms with Gasteiger partial charge in [-0.3, -0.25) is 19.2 Å². The molecular weight excluding hydrogens is 584 g/mol. The molecule has 0 saturated heterocycles. The lowest BCUT2D eigenvalue weighted by Gasteiger charge is -2.17. The molecule has 0 heterocycles. The standard InChI is InChI=1S/C32H58N4O9/c1-2-3-4-5-6-7-8-9-10-11-12-13-14-18-28(38)35-26(32(44)45)20-22-29(39)36-25(31(42)43)19-21-27(37)34-23-16-15-17-24(33)30(40)41/h24-26H,2-23,33H2,1H3,(H,34,37)(H,35,38)(H,36,39)(H,40,41)(H,42,43)(H,44,45)/t24-,25-,26-/m0/s1. The van der Waals surface area contributed by atoms with Crippen LogP contribution in [0.25, 0.3) is 0 Å². The molecule has 3 atom stereocenters. The van der Waals surface area contributed by atoms with Gasteiger partial charge in [0.25, 0.3) is 0 Å². The van der Waals surface area contributed by atoms with Gasteiger partial charge in [-0.25, -0.2) is 9.59 Å². The van der Waals surface area contributed by atoms with E-state index in [1.165, 1.54) is 57.8 Å². The Bertz CT molecular complexity index is 885. The van der Waals surface area contributed by atoms with Crippen LogP contribution >= 0.6 is 0 Å². The van der Waals surface area contributed by atoms with Crippen LogP contribution in [0, 0.1) is 0 Å². The van der Waals surface area contributed by atoms with Crippen LogP contribution in [0.2, 0.25) is 0 Å². The van der Waals surface area contributed by atoms with E-state index in [9.17, 15) is 39.0 Å². The van der Waals surface area contributed by atoms with Crippen molar-refractivity contribution >= 4 is 35.6 Å². The van der Waals surface area contributed by atoms with E-state index in [0.717, 1.165) is 19.3 Å². The molecule has 0 saturated carbocycles. The van der Waals surface area contributed by atoms with Gasteiger partial charge in [0.15, 0.2) is 0 Å². The largest absolute Gasteiger partial charge is 0.480 e. The van der Waals surface area contributed by atoms with Crippen LogP contribution < -0.4 is 21.7 Å². The van der Waals surface area contributed by atoms with Gasteiger partial charge in [0, 0.05) is 25.8 Å². The fourth-order valence-corrected chi connectivity index (χ4v) is 4.83. The summed E-state index contributed by atoms with van der Waals surface area (Å²) in [6.07, 6.45) is 15.9. The monoisotopic (exact) mass is 642 g/mol. The summed E-state index contributed by atoms with van der Waals surface area (Å²) in [7, 11) is 0. The second-order valence-electron chi connectivity index (χ2n) is 11.8. The van der Waals surface area contributed by atoms with E-state index in [1.807, 2.05) is 0 Å². The summed E-state index contributed by atoms with van der Waals surface area (Å²) in [4.78, 5) is 70.5. The van der Waals surface area contributed by atoms with Crippen LogP contribution in [0.1, 0.15) is 142 Å². The molecule has 45 heavy (non-hydrogen) atoms. The SMILES string of the molecule is CCCCCCCCCCCCCCCC(=O)N[C@@H](CCC(=O)N[C@@H](CCC(=O)NCCCC[C@H](N)C(=O)O)C(=O)O)C(=O)O. The zero-order chi connectivity index (χ0) is 33.9. The molecule has 0 unspecified atom stereocenters. The van der Waals surface area contributed by atoms with E-state index in [-0.39, 0.29) is 45.1 Å². The summed E-state index contributed by atoms with van der Waals surface area (Å²) >= 11 is 0. The molecule has 0 aromatic heterocycles. The Morgan fingerprint density at radius 3 is 1.38 bits per heavy atom. The summed E-state index contributed by atoms with van der Waals surface area (Å²) < 4.78 is 0. The number of carboxylic acids is 3. The van der Waals surface area contributed by atoms with E-state index in [4.69, 9.17) is 10.8 Å². The van der Waals surface area contributed by atoms with E-state index in [2.05, 4.69) is 22.9 Å². The summed E-state index contributed by atoms with van der Waals surface area (Å²) in [5, 5.41) is 35.0. The molecule has 0 bridgehead atoms. The van der Waals surface area contributed by atoms with Gasteiger partial charge in [-0.1, -0.05) is 84.0 Å². The highest BCUT2D eigenvalue weighted by Crippen LogP contribution is 2.13. The van der Waals surface area contributed by atoms with Gasteiger partial charge in [-0.05, 0) is 38.5 Å². The molecule has 0 aliphatic carbocycles. The first-order valence-corrected chi connectivity index (χ1v) is 16.8. The first-order valence-electron chi connectivity index (χ1n) is 16.8. The normalized spacial score (nSPS) is 12.9. The van der Waals surface area contributed by atoms with Gasteiger partial charge in [0.1, 0.15) is 18.1 Å². The highest BCUT2D eigenvalue weighted by Gasteiger charge is 2.24. The molecule has 260 valence electrons. The van der Waals surface area contributed by atoms with Crippen LogP contribution in [0.3, 0.4) is 0 Å². The molecule has 0 aromatic carbocycles. The molecule has 3 amide bonds. The maximum atomic E-state index is 12.3. The summed E-state index contributed by atoms with van der Waals surface area (Å²) in [6.45, 7) is 2.50. The summed E-state index contributed by atoms with van der Waals surface area (Å²) in [5.74, 6) is -5.23. The van der Waals surface area contributed by atoms with Gasteiger partial charge >= 0.3 is 17.9 Å². The van der Waals surface area contributed by atoms with Crippen molar-refractivity contribution in [3.8, 4) is 0 Å². The third-order valence-corrected chi connectivity index (χ3v) is 7.68. The highest BCUT2D eigenvalue weighted by atomic mass is 16.4. The minimum Gasteiger partial charge on any atom is -0.480 e. The van der Waals surface area contributed by atoms with Crippen molar-refractivity contribution in [1.29, 1.82) is 0 Å². The molecule has 13 heteroatoms. The molecule has 0 radical (unpaired) electrons. The number of carbonyl (C=O) groups excluding carboxylic acids is 3. The fraction of sp³-hybridized carbons (Fsp3) is 0.812. The lowest BCUT2D eigenvalue weighted by Crippen LogP contribution is -2.44. The second-order valence-corrected chi connectivity index (χ2v) is 11.8. The number of aliphatic carboxylic acids is 3. The van der Waals surface area contributed by atoms with E-state index in [1.54, 1.807) is 0 Å². The van der Waals surface area contributed by atoms with Crippen LogP contribution in [-0.2, 0) is 28.8 Å². The molecule has 13 nitrogen and oxygen atoms in total. The van der Waals surface area contributed by atoms with Crippen LogP contribution in [-0.4, -0.2) is 75.6 Å². The van der Waals surface area contributed by atoms with Crippen molar-refractivity contribution in [1.82, 2.24) is 16.0 Å². The van der Waals surface area contributed by atoms with E-state index in [0.29, 0.717) is 19.3 Å². The predicted octanol–water partition coefficient (Wildman–Crippen LogP) is 3.87. The van der Waals surface area contributed by atoms with Crippen molar-refractivity contribution in [3.63, 3.8) is 0 Å². The second kappa shape index (κ2) is 27.1. The molecule has 0 aromatic rings. The minimum atomic E-state index is -1.34. The quantitative estimate of drug-likeness (QED) is 0.0560. The first-order chi connectivity index (χ1) is 21.5. The molecule has 0 aliphatic heterocycles. The smallest absolute Gasteiger partial charge is 0.326 e. The van der Waals surface area contributed by atoms with Gasteiger partial charge in [-0.15, -0.1) is 0 Å². The van der Waals surface area contributed by atoms with Crippen molar-refractivity contribution in [2.24, 2.45) is 5.73 Å². The third-order valence-electron chi connectivity index (χ3n) is 7.68. The zero-order valence-corrected chi connectivity index (χ0v) is 27.2. The number of nitrogens with two attached hydrogens (primary N) is 1. The minimum absolute atomic E-state index is 0.168. The summed E-state index contributed by atoms with van der Waals surface area (Å²) in [6, 6.07) is -3.58. The maximum Gasteiger partial charge on any atom is 0.326 e. The number of rotatable bonds is 30. The molecular formula is C32H58N4O9. The van der Waals surface area contributed by atoms with Crippen molar-refractivity contribution in [2.45, 2.75) is 160 Å². The number of nitrogens with one attached hydrogen (secondary N) is 3. The first kappa shape index (κ1) is 41.8. The highest BCUT2D eigenvalue weighted by molar-refractivity contribution is 5.86. The lowest BCUT2D eigenvalue weighted by atomic mass is 10.0. The lowest BCUT2D eigenvalue weighted by molar-refractivity contribution is -0.143. The summed E-state index contributed by atoms with van der Waals surface area (Å²) in [5.41, 5.74) is 5.41. The number of carboxylic acid groups (broad SMARTS) is 3. The Labute approximate surface area is 267 Å². The number of hydrogen-bond donors (Lipinski definition) is 7. The van der Waals surface area contributed by atoms with Crippen molar-refractivity contribution in [3.05, 3.63) is 0 Å². The fourth-order valence-electron chi connectivity index (χ4n) is 4.83. The number of carbonyl (C=O) groups is 6. The molecule has 8 N–H and O–H groups in total. The molecule has 0 aliphatic rings. The van der Waals surface area contributed by atoms with Gasteiger partial charge in [0.05, 0.1) is 0 Å². The maximum absolute atomic E-state index is 12.3. The van der Waals surface area contributed by atoms with Crippen LogP contribution in [0.5, 0.6) is 0 Å². The Hall–Kier alpha value is -3.22. The average Bonchev–Trinajstić information content (AvgIpc) is 2.98. The topological polar surface area (TPSA) is 225 Å². The van der Waals surface area contributed by atoms with Gasteiger partial charge < -0.3 is 37.0 Å². The average molecular weight is 643 g/mol. The third kappa shape index (κ3) is 24.7. The van der Waals surface area contributed by atoms with Crippen molar-refractivity contribution in [2.75, 3.05) is 6.54 Å². The van der Waals surface area contributed by atoms with E-state index >= 15 is 0 Å². The Kier molecular flexibility index (Phi) is 25.2. The van der Waals surface area contributed by atoms with Crippen molar-refractivity contribution < 1.29 is 44.1 Å². The molecule has 0 spiro atoms. The van der Waals surface area contributed by atoms with Gasteiger partial charge in [0.2, 0.25) is 17.7 Å². The molecule has 0 rings (SSSR count). The number of unbranched alkanes of at least 4 members (excludes halogenated alkanes) is 13. The predicted molar refractivity (Wildman–Crippen MR) is 170 cm³/mol. The van der Waals surface area contributed by atoms with Crippen LogP contribution in [0.4, 0.5) is 0 Å². The van der Waals surface area contributed by atoms with Crippen LogP contribution in [0.15, 0.2) is 0 Å². The van der Waals surface area contributed by atoms with E-state index < -0.39 is 53.8 Å². The number of amides is 3. The Morgan fingerprint density at radius 1 is 0.511 bits per heavy atom. The number of hydrogen-bond acceptors (Lipinski definition) is 7. The molecule has 0 fully saturated rings. The Morgan fingerprint density at radius 2 is 0.933 bits per heavy atom. The Balaban J connectivity index is 4.18. The van der Waals surface area contributed by atoms with Gasteiger partial charge in [-0.2, -0.15) is 0 Å².